The molecule has 98 valence electrons. The van der Waals surface area contributed by atoms with Gasteiger partial charge in [-0.15, -0.1) is 0 Å². The molecular formula is C15H20O3. The summed E-state index contributed by atoms with van der Waals surface area (Å²) in [5.41, 5.74) is 2.11. The Labute approximate surface area is 108 Å². The first-order valence-corrected chi connectivity index (χ1v) is 6.21. The van der Waals surface area contributed by atoms with Crippen LogP contribution in [0.25, 0.3) is 0 Å². The molecule has 1 rings (SSSR count). The van der Waals surface area contributed by atoms with Crippen LogP contribution < -0.4 is 0 Å². The molecule has 0 aliphatic rings. The lowest BCUT2D eigenvalue weighted by Crippen LogP contribution is -2.21. The first kappa shape index (κ1) is 14.6. The van der Waals surface area contributed by atoms with Gasteiger partial charge in [0.05, 0.1) is 12.5 Å². The second kappa shape index (κ2) is 7.07. The van der Waals surface area contributed by atoms with E-state index in [0.717, 1.165) is 11.1 Å². The minimum absolute atomic E-state index is 0.0686. The Morgan fingerprint density at radius 3 is 2.00 bits per heavy atom. The van der Waals surface area contributed by atoms with E-state index in [2.05, 4.69) is 0 Å². The summed E-state index contributed by atoms with van der Waals surface area (Å²) in [4.78, 5) is 22.7. The van der Waals surface area contributed by atoms with Crippen molar-refractivity contribution in [3.8, 4) is 0 Å². The fourth-order valence-corrected chi connectivity index (χ4v) is 1.80. The maximum atomic E-state index is 11.4. The Morgan fingerprint density at radius 1 is 1.06 bits per heavy atom. The molecule has 1 aromatic rings. The molecule has 0 bridgehead atoms. The molecule has 0 radical (unpaired) electrons. The molecule has 0 spiro atoms. The van der Waals surface area contributed by atoms with Gasteiger partial charge in [0.25, 0.3) is 0 Å². The molecule has 1 aromatic carbocycles. The van der Waals surface area contributed by atoms with E-state index in [9.17, 15) is 9.59 Å². The number of benzene rings is 1. The SMILES string of the molecule is CCOCc1ccc(CC(C(C)=O)C(C)=O)cc1. The second-order valence-electron chi connectivity index (χ2n) is 4.43. The molecule has 0 aromatic heterocycles. The van der Waals surface area contributed by atoms with Crippen LogP contribution in [0, 0.1) is 5.92 Å². The van der Waals surface area contributed by atoms with Crippen LogP contribution in [0.3, 0.4) is 0 Å². The maximum absolute atomic E-state index is 11.4. The summed E-state index contributed by atoms with van der Waals surface area (Å²) in [7, 11) is 0. The minimum atomic E-state index is -0.511. The zero-order valence-electron chi connectivity index (χ0n) is 11.2. The van der Waals surface area contributed by atoms with Crippen molar-refractivity contribution in [1.29, 1.82) is 0 Å². The number of carbonyl (C=O) groups is 2. The highest BCUT2D eigenvalue weighted by molar-refractivity contribution is 6.00. The van der Waals surface area contributed by atoms with E-state index in [4.69, 9.17) is 4.74 Å². The Balaban J connectivity index is 2.67. The van der Waals surface area contributed by atoms with Crippen molar-refractivity contribution in [2.75, 3.05) is 6.61 Å². The molecular weight excluding hydrogens is 228 g/mol. The number of ketones is 2. The summed E-state index contributed by atoms with van der Waals surface area (Å²) in [5.74, 6) is -0.649. The van der Waals surface area contributed by atoms with Crippen molar-refractivity contribution >= 4 is 11.6 Å². The van der Waals surface area contributed by atoms with Crippen LogP contribution in [0.1, 0.15) is 31.9 Å². The van der Waals surface area contributed by atoms with Crippen LogP contribution in [0.15, 0.2) is 24.3 Å². The zero-order chi connectivity index (χ0) is 13.5. The molecule has 0 saturated carbocycles. The van der Waals surface area contributed by atoms with E-state index in [0.29, 0.717) is 19.6 Å². The quantitative estimate of drug-likeness (QED) is 0.696. The topological polar surface area (TPSA) is 43.4 Å². The third-order valence-corrected chi connectivity index (χ3v) is 2.92. The van der Waals surface area contributed by atoms with Gasteiger partial charge in [-0.2, -0.15) is 0 Å². The average Bonchev–Trinajstić information content (AvgIpc) is 2.34. The highest BCUT2D eigenvalue weighted by Crippen LogP contribution is 2.13. The highest BCUT2D eigenvalue weighted by atomic mass is 16.5. The highest BCUT2D eigenvalue weighted by Gasteiger charge is 2.19. The lowest BCUT2D eigenvalue weighted by molar-refractivity contribution is -0.130. The van der Waals surface area contributed by atoms with E-state index >= 15 is 0 Å². The fraction of sp³-hybridized carbons (Fsp3) is 0.467. The van der Waals surface area contributed by atoms with Gasteiger partial charge in [-0.05, 0) is 38.3 Å². The molecule has 0 aliphatic carbocycles. The summed E-state index contributed by atoms with van der Waals surface area (Å²) in [6, 6.07) is 7.85. The first-order valence-electron chi connectivity index (χ1n) is 6.21. The third-order valence-electron chi connectivity index (χ3n) is 2.92. The molecule has 0 aliphatic heterocycles. The van der Waals surface area contributed by atoms with Gasteiger partial charge in [-0.25, -0.2) is 0 Å². The predicted octanol–water partition coefficient (Wildman–Crippen LogP) is 2.56. The lowest BCUT2D eigenvalue weighted by Gasteiger charge is -2.10. The Hall–Kier alpha value is -1.48. The second-order valence-corrected chi connectivity index (χ2v) is 4.43. The van der Waals surface area contributed by atoms with E-state index < -0.39 is 5.92 Å². The van der Waals surface area contributed by atoms with Crippen LogP contribution in [0.5, 0.6) is 0 Å². The summed E-state index contributed by atoms with van der Waals surface area (Å²) in [6.45, 7) is 6.18. The standard InChI is InChI=1S/C15H20O3/c1-4-18-10-14-7-5-13(6-8-14)9-15(11(2)16)12(3)17/h5-8,15H,4,9-10H2,1-3H3. The number of rotatable bonds is 7. The molecule has 0 atom stereocenters. The van der Waals surface area contributed by atoms with Crippen molar-refractivity contribution in [2.45, 2.75) is 33.8 Å². The fourth-order valence-electron chi connectivity index (χ4n) is 1.80. The molecule has 18 heavy (non-hydrogen) atoms. The van der Waals surface area contributed by atoms with Gasteiger partial charge in [0, 0.05) is 6.61 Å². The van der Waals surface area contributed by atoms with Crippen molar-refractivity contribution in [2.24, 2.45) is 5.92 Å². The molecule has 0 saturated heterocycles. The molecule has 3 heteroatoms. The zero-order valence-corrected chi connectivity index (χ0v) is 11.2. The van der Waals surface area contributed by atoms with Crippen LogP contribution in [0.4, 0.5) is 0 Å². The number of Topliss-reactive ketones (excluding diaryl/α,β-unsaturated/α-hetero) is 2. The maximum Gasteiger partial charge on any atom is 0.140 e. The number of carbonyl (C=O) groups excluding carboxylic acids is 2. The van der Waals surface area contributed by atoms with E-state index in [1.807, 2.05) is 31.2 Å². The first-order chi connectivity index (χ1) is 8.54. The van der Waals surface area contributed by atoms with Gasteiger partial charge < -0.3 is 4.74 Å². The molecule has 0 unspecified atom stereocenters. The summed E-state index contributed by atoms with van der Waals surface area (Å²) < 4.78 is 5.31. The number of hydrogen-bond acceptors (Lipinski definition) is 3. The van der Waals surface area contributed by atoms with Crippen molar-refractivity contribution in [3.63, 3.8) is 0 Å². The van der Waals surface area contributed by atoms with Crippen molar-refractivity contribution in [1.82, 2.24) is 0 Å². The van der Waals surface area contributed by atoms with Gasteiger partial charge in [0.15, 0.2) is 0 Å². The molecule has 0 heterocycles. The molecule has 3 nitrogen and oxygen atoms in total. The van der Waals surface area contributed by atoms with E-state index in [1.165, 1.54) is 13.8 Å². The van der Waals surface area contributed by atoms with Crippen LogP contribution in [-0.2, 0) is 27.4 Å². The lowest BCUT2D eigenvalue weighted by atomic mass is 9.92. The van der Waals surface area contributed by atoms with Crippen molar-refractivity contribution in [3.05, 3.63) is 35.4 Å². The minimum Gasteiger partial charge on any atom is -0.377 e. The monoisotopic (exact) mass is 248 g/mol. The normalized spacial score (nSPS) is 10.7. The van der Waals surface area contributed by atoms with Crippen LogP contribution in [-0.4, -0.2) is 18.2 Å². The summed E-state index contributed by atoms with van der Waals surface area (Å²) >= 11 is 0. The molecule has 0 N–H and O–H groups in total. The largest absolute Gasteiger partial charge is 0.377 e. The smallest absolute Gasteiger partial charge is 0.140 e. The summed E-state index contributed by atoms with van der Waals surface area (Å²) in [5, 5.41) is 0. The number of ether oxygens (including phenoxy) is 1. The van der Waals surface area contributed by atoms with Gasteiger partial charge >= 0.3 is 0 Å². The van der Waals surface area contributed by atoms with Crippen molar-refractivity contribution < 1.29 is 14.3 Å². The van der Waals surface area contributed by atoms with E-state index in [-0.39, 0.29) is 11.6 Å². The van der Waals surface area contributed by atoms with E-state index in [1.54, 1.807) is 0 Å². The Kier molecular flexibility index (Phi) is 5.72. The van der Waals surface area contributed by atoms with Gasteiger partial charge in [-0.3, -0.25) is 9.59 Å². The Morgan fingerprint density at radius 2 is 1.56 bits per heavy atom. The van der Waals surface area contributed by atoms with Gasteiger partial charge in [0.1, 0.15) is 11.6 Å². The third kappa shape index (κ3) is 4.41. The van der Waals surface area contributed by atoms with Gasteiger partial charge in [-0.1, -0.05) is 24.3 Å². The van der Waals surface area contributed by atoms with Crippen LogP contribution in [0.2, 0.25) is 0 Å². The van der Waals surface area contributed by atoms with Crippen LogP contribution >= 0.6 is 0 Å². The number of hydrogen-bond donors (Lipinski definition) is 0. The predicted molar refractivity (Wildman–Crippen MR) is 70.3 cm³/mol. The molecule has 0 fully saturated rings. The van der Waals surface area contributed by atoms with Gasteiger partial charge in [0.2, 0.25) is 0 Å². The molecule has 0 amide bonds. The summed E-state index contributed by atoms with van der Waals surface area (Å²) in [6.07, 6.45) is 0.486. The average molecular weight is 248 g/mol. The Bertz CT molecular complexity index is 392.